The lowest BCUT2D eigenvalue weighted by atomic mass is 9.70. The first-order valence-corrected chi connectivity index (χ1v) is 10.2. The average molecular weight is 384 g/mol. The number of rotatable bonds is 4. The summed E-state index contributed by atoms with van der Waals surface area (Å²) in [5, 5.41) is 2.29. The molecule has 2 saturated carbocycles. The van der Waals surface area contributed by atoms with Gasteiger partial charge in [0.1, 0.15) is 5.78 Å². The Morgan fingerprint density at radius 3 is 2.54 bits per heavy atom. The highest BCUT2D eigenvalue weighted by Crippen LogP contribution is 2.64. The number of amides is 2. The van der Waals surface area contributed by atoms with Gasteiger partial charge in [-0.1, -0.05) is 13.8 Å². The maximum Gasteiger partial charge on any atom is 0.337 e. The second kappa shape index (κ2) is 5.80. The van der Waals surface area contributed by atoms with Crippen LogP contribution in [0.25, 0.3) is 0 Å². The van der Waals surface area contributed by atoms with Gasteiger partial charge in [0.05, 0.1) is 29.9 Å². The molecule has 0 saturated heterocycles. The zero-order chi connectivity index (χ0) is 19.5. The number of carbonyl (C=O) groups excluding carboxylic acids is 3. The lowest BCUT2D eigenvalue weighted by molar-refractivity contribution is -0.136. The molecule has 26 heavy (non-hydrogen) atoms. The molecular formula is C17H24N2O6S. The third-order valence-electron chi connectivity index (χ3n) is 6.64. The summed E-state index contributed by atoms with van der Waals surface area (Å²) in [6.45, 7) is 5.32. The van der Waals surface area contributed by atoms with Crippen molar-refractivity contribution in [1.82, 2.24) is 9.62 Å². The number of nitrogens with one attached hydrogen (secondary N) is 1. The quantitative estimate of drug-likeness (QED) is 0.729. The third-order valence-corrected chi connectivity index (χ3v) is 8.58. The van der Waals surface area contributed by atoms with Gasteiger partial charge in [0.2, 0.25) is 10.0 Å². The molecule has 2 aliphatic carbocycles. The van der Waals surface area contributed by atoms with E-state index >= 15 is 0 Å². The van der Waals surface area contributed by atoms with Gasteiger partial charge >= 0.3 is 12.0 Å². The topological polar surface area (TPSA) is 110 Å². The van der Waals surface area contributed by atoms with Crippen LogP contribution in [-0.4, -0.2) is 49.4 Å². The molecule has 2 bridgehead atoms. The second-order valence-electron chi connectivity index (χ2n) is 7.94. The fraction of sp³-hybridized carbons (Fsp3) is 0.706. The Hall–Kier alpha value is -1.90. The minimum atomic E-state index is -4.14. The van der Waals surface area contributed by atoms with Gasteiger partial charge in [-0.3, -0.25) is 4.79 Å². The molecule has 2 fully saturated rings. The van der Waals surface area contributed by atoms with E-state index in [-0.39, 0.29) is 17.3 Å². The van der Waals surface area contributed by atoms with E-state index in [1.807, 2.05) is 13.8 Å². The number of methoxy groups -OCH3 is 1. The van der Waals surface area contributed by atoms with Crippen molar-refractivity contribution in [2.24, 2.45) is 16.7 Å². The van der Waals surface area contributed by atoms with E-state index in [0.717, 1.165) is 6.42 Å². The third kappa shape index (κ3) is 2.39. The minimum absolute atomic E-state index is 0.0366. The van der Waals surface area contributed by atoms with Crippen LogP contribution >= 0.6 is 0 Å². The highest BCUT2D eigenvalue weighted by molar-refractivity contribution is 7.89. The first kappa shape index (κ1) is 18.9. The SMILES string of the molecule is COC(=O)C1=CNC(=O)N(S(=O)(=O)C[C@]23CC[C@H](CC2=O)C3(C)C)[C@H]1C. The van der Waals surface area contributed by atoms with Crippen LogP contribution in [0.2, 0.25) is 0 Å². The predicted octanol–water partition coefficient (Wildman–Crippen LogP) is 1.18. The number of ether oxygens (including phenoxy) is 1. The van der Waals surface area contributed by atoms with E-state index in [1.54, 1.807) is 0 Å². The van der Waals surface area contributed by atoms with E-state index in [2.05, 4.69) is 10.1 Å². The summed E-state index contributed by atoms with van der Waals surface area (Å²) in [6, 6.07) is -1.84. The molecule has 3 aliphatic rings. The highest BCUT2D eigenvalue weighted by atomic mass is 32.2. The van der Waals surface area contributed by atoms with Gasteiger partial charge in [0.25, 0.3) is 0 Å². The minimum Gasteiger partial charge on any atom is -0.466 e. The van der Waals surface area contributed by atoms with Gasteiger partial charge in [-0.2, -0.15) is 0 Å². The molecule has 0 aromatic rings. The van der Waals surface area contributed by atoms with E-state index in [9.17, 15) is 22.8 Å². The Morgan fingerprint density at radius 2 is 2.04 bits per heavy atom. The van der Waals surface area contributed by atoms with Crippen molar-refractivity contribution in [1.29, 1.82) is 0 Å². The number of urea groups is 1. The van der Waals surface area contributed by atoms with Gasteiger partial charge < -0.3 is 10.1 Å². The molecule has 1 heterocycles. The number of ketones is 1. The molecule has 3 rings (SSSR count). The normalized spacial score (nSPS) is 33.1. The summed E-state index contributed by atoms with van der Waals surface area (Å²) in [6.07, 6.45) is 2.87. The highest BCUT2D eigenvalue weighted by Gasteiger charge is 2.66. The van der Waals surface area contributed by atoms with Crippen LogP contribution in [0.1, 0.15) is 40.0 Å². The van der Waals surface area contributed by atoms with Crippen molar-refractivity contribution in [3.05, 3.63) is 11.8 Å². The zero-order valence-electron chi connectivity index (χ0n) is 15.4. The molecule has 144 valence electrons. The Labute approximate surface area is 153 Å². The number of sulfonamides is 1. The van der Waals surface area contributed by atoms with E-state index in [4.69, 9.17) is 0 Å². The van der Waals surface area contributed by atoms with E-state index in [0.29, 0.717) is 17.1 Å². The summed E-state index contributed by atoms with van der Waals surface area (Å²) in [4.78, 5) is 36.8. The first-order chi connectivity index (χ1) is 12.0. The lowest BCUT2D eigenvalue weighted by Crippen LogP contribution is -2.56. The van der Waals surface area contributed by atoms with Gasteiger partial charge in [-0.05, 0) is 31.1 Å². The summed E-state index contributed by atoms with van der Waals surface area (Å²) < 4.78 is 31.7. The second-order valence-corrected chi connectivity index (χ2v) is 9.78. The Kier molecular flexibility index (Phi) is 4.21. The number of fused-ring (bicyclic) bond motifs is 2. The largest absolute Gasteiger partial charge is 0.466 e. The molecule has 8 nitrogen and oxygen atoms in total. The van der Waals surface area contributed by atoms with Crippen molar-refractivity contribution in [3.8, 4) is 0 Å². The van der Waals surface area contributed by atoms with Crippen molar-refractivity contribution in [2.75, 3.05) is 12.9 Å². The molecule has 0 aromatic carbocycles. The van der Waals surface area contributed by atoms with Crippen LogP contribution in [0.15, 0.2) is 11.8 Å². The summed E-state index contributed by atoms with van der Waals surface area (Å²) in [7, 11) is -2.95. The van der Waals surface area contributed by atoms with Crippen molar-refractivity contribution in [3.63, 3.8) is 0 Å². The fourth-order valence-electron chi connectivity index (χ4n) is 4.83. The number of carbonyl (C=O) groups is 3. The number of hydrogen-bond acceptors (Lipinski definition) is 6. The Morgan fingerprint density at radius 1 is 1.38 bits per heavy atom. The fourth-order valence-corrected chi connectivity index (χ4v) is 7.17. The molecular weight excluding hydrogens is 360 g/mol. The smallest absolute Gasteiger partial charge is 0.337 e. The molecule has 3 atom stereocenters. The van der Waals surface area contributed by atoms with Crippen molar-refractivity contribution >= 4 is 27.8 Å². The molecule has 0 unspecified atom stereocenters. The van der Waals surface area contributed by atoms with Gasteiger partial charge in [0, 0.05) is 12.6 Å². The van der Waals surface area contributed by atoms with Gasteiger partial charge in [-0.25, -0.2) is 22.3 Å². The molecule has 0 radical (unpaired) electrons. The van der Waals surface area contributed by atoms with Gasteiger partial charge in [-0.15, -0.1) is 0 Å². The number of esters is 1. The monoisotopic (exact) mass is 384 g/mol. The van der Waals surface area contributed by atoms with Crippen LogP contribution in [0.5, 0.6) is 0 Å². The number of Topliss-reactive ketones (excluding diaryl/α,β-unsaturated/α-hetero) is 1. The zero-order valence-corrected chi connectivity index (χ0v) is 16.2. The van der Waals surface area contributed by atoms with Crippen molar-refractivity contribution < 1.29 is 27.5 Å². The van der Waals surface area contributed by atoms with Crippen molar-refractivity contribution in [2.45, 2.75) is 46.1 Å². The summed E-state index contributed by atoms with van der Waals surface area (Å²) in [5.74, 6) is -1.01. The predicted molar refractivity (Wildman–Crippen MR) is 92.3 cm³/mol. The van der Waals surface area contributed by atoms with Crippen LogP contribution in [0, 0.1) is 16.7 Å². The molecule has 9 heteroatoms. The maximum atomic E-state index is 13.2. The Bertz CT molecular complexity index is 815. The van der Waals surface area contributed by atoms with E-state index < -0.39 is 44.6 Å². The van der Waals surface area contributed by atoms with E-state index in [1.165, 1.54) is 20.2 Å². The first-order valence-electron chi connectivity index (χ1n) is 8.62. The molecule has 1 N–H and O–H groups in total. The van der Waals surface area contributed by atoms with Crippen LogP contribution in [-0.2, 0) is 24.3 Å². The molecule has 0 spiro atoms. The summed E-state index contributed by atoms with van der Waals surface area (Å²) >= 11 is 0. The van der Waals surface area contributed by atoms with Crippen LogP contribution in [0.4, 0.5) is 4.79 Å². The lowest BCUT2D eigenvalue weighted by Gasteiger charge is -2.39. The summed E-state index contributed by atoms with van der Waals surface area (Å²) in [5.41, 5.74) is -1.38. The van der Waals surface area contributed by atoms with Gasteiger partial charge in [0.15, 0.2) is 0 Å². The standard InChI is InChI=1S/C17H24N2O6S/c1-10-12(14(21)25-4)8-18-15(22)19(10)26(23,24)9-17-6-5-11(7-13(17)20)16(17,2)3/h8,10-11H,5-7,9H2,1-4H3,(H,18,22)/t10-,11+,17+/m0/s1. The molecule has 0 aromatic heterocycles. The van der Waals surface area contributed by atoms with Crippen LogP contribution < -0.4 is 5.32 Å². The number of hydrogen-bond donors (Lipinski definition) is 1. The number of nitrogens with zero attached hydrogens (tertiary/aromatic N) is 1. The molecule has 2 amide bonds. The molecule has 1 aliphatic heterocycles. The maximum absolute atomic E-state index is 13.2. The van der Waals surface area contributed by atoms with Crippen LogP contribution in [0.3, 0.4) is 0 Å². The Balaban J connectivity index is 1.96. The average Bonchev–Trinajstić information content (AvgIpc) is 2.87.